The van der Waals surface area contributed by atoms with Crippen molar-refractivity contribution in [1.29, 1.82) is 0 Å². The zero-order chi connectivity index (χ0) is 19.8. The third-order valence-corrected chi connectivity index (χ3v) is 4.57. The maximum atomic E-state index is 12.3. The second kappa shape index (κ2) is 9.88. The minimum atomic E-state index is -0.102. The summed E-state index contributed by atoms with van der Waals surface area (Å²) in [5, 5.41) is 5.65. The van der Waals surface area contributed by atoms with E-state index in [1.807, 2.05) is 31.0 Å². The van der Waals surface area contributed by atoms with Crippen LogP contribution >= 0.6 is 0 Å². The van der Waals surface area contributed by atoms with Crippen LogP contribution in [-0.2, 0) is 17.8 Å². The summed E-state index contributed by atoms with van der Waals surface area (Å²) in [6.07, 6.45) is 1.01. The van der Waals surface area contributed by atoms with Crippen molar-refractivity contribution < 1.29 is 9.59 Å². The quantitative estimate of drug-likeness (QED) is 0.754. The molecule has 2 aromatic rings. The van der Waals surface area contributed by atoms with Crippen molar-refractivity contribution in [2.75, 3.05) is 20.6 Å². The smallest absolute Gasteiger partial charge is 0.251 e. The second-order valence-corrected chi connectivity index (χ2v) is 6.83. The largest absolute Gasteiger partial charge is 0.355 e. The highest BCUT2D eigenvalue weighted by Gasteiger charge is 2.12. The van der Waals surface area contributed by atoms with Gasteiger partial charge in [0, 0.05) is 19.2 Å². The summed E-state index contributed by atoms with van der Waals surface area (Å²) in [5.74, 6) is -0.109. The van der Waals surface area contributed by atoms with E-state index < -0.39 is 0 Å². The summed E-state index contributed by atoms with van der Waals surface area (Å²) in [7, 11) is 3.52. The number of amides is 2. The average Bonchev–Trinajstić information content (AvgIpc) is 2.67. The van der Waals surface area contributed by atoms with E-state index in [1.165, 1.54) is 5.56 Å². The highest BCUT2D eigenvalue weighted by Crippen LogP contribution is 2.14. The van der Waals surface area contributed by atoms with E-state index in [2.05, 4.69) is 41.8 Å². The van der Waals surface area contributed by atoms with E-state index >= 15 is 0 Å². The average molecular weight is 367 g/mol. The van der Waals surface area contributed by atoms with E-state index in [0.29, 0.717) is 18.7 Å². The van der Waals surface area contributed by atoms with Crippen molar-refractivity contribution in [2.24, 2.45) is 0 Å². The van der Waals surface area contributed by atoms with Gasteiger partial charge in [-0.1, -0.05) is 43.3 Å². The van der Waals surface area contributed by atoms with E-state index in [-0.39, 0.29) is 17.9 Å². The first-order chi connectivity index (χ1) is 12.9. The van der Waals surface area contributed by atoms with Crippen molar-refractivity contribution in [1.82, 2.24) is 15.5 Å². The van der Waals surface area contributed by atoms with E-state index in [1.54, 1.807) is 19.2 Å². The van der Waals surface area contributed by atoms with Gasteiger partial charge in [0.25, 0.3) is 5.91 Å². The molecule has 27 heavy (non-hydrogen) atoms. The monoisotopic (exact) mass is 367 g/mol. The van der Waals surface area contributed by atoms with E-state index in [9.17, 15) is 9.59 Å². The van der Waals surface area contributed by atoms with Gasteiger partial charge in [0.15, 0.2) is 0 Å². The molecule has 5 heteroatoms. The van der Waals surface area contributed by atoms with Crippen molar-refractivity contribution in [3.63, 3.8) is 0 Å². The lowest BCUT2D eigenvalue weighted by atomic mass is 10.1. The Kier molecular flexibility index (Phi) is 7.55. The summed E-state index contributed by atoms with van der Waals surface area (Å²) in [6, 6.07) is 15.7. The Morgan fingerprint density at radius 3 is 2.15 bits per heavy atom. The molecule has 0 aliphatic carbocycles. The molecule has 0 radical (unpaired) electrons. The zero-order valence-electron chi connectivity index (χ0n) is 16.6. The lowest BCUT2D eigenvalue weighted by molar-refractivity contribution is -0.122. The molecule has 0 aromatic heterocycles. The highest BCUT2D eigenvalue weighted by atomic mass is 16.2. The molecule has 0 saturated heterocycles. The van der Waals surface area contributed by atoms with Gasteiger partial charge in [-0.05, 0) is 49.2 Å². The summed E-state index contributed by atoms with van der Waals surface area (Å²) in [5.41, 5.74) is 4.08. The minimum Gasteiger partial charge on any atom is -0.355 e. The number of hydrogen-bond acceptors (Lipinski definition) is 3. The Balaban J connectivity index is 1.84. The molecule has 144 valence electrons. The molecule has 2 rings (SSSR count). The Labute approximate surface area is 161 Å². The molecule has 0 heterocycles. The van der Waals surface area contributed by atoms with Gasteiger partial charge in [-0.2, -0.15) is 0 Å². The molecular weight excluding hydrogens is 338 g/mol. The zero-order valence-corrected chi connectivity index (χ0v) is 16.6. The molecular formula is C22H29N3O2. The Bertz CT molecular complexity index is 754. The van der Waals surface area contributed by atoms with Gasteiger partial charge >= 0.3 is 0 Å². The van der Waals surface area contributed by atoms with Crippen LogP contribution in [0, 0.1) is 0 Å². The molecule has 0 saturated carbocycles. The molecule has 2 amide bonds. The van der Waals surface area contributed by atoms with Crippen LogP contribution in [0.25, 0.3) is 0 Å². The SMILES string of the molecule is CCc1ccc([C@H](C)NC(=O)CN(C)Cc2ccc(C(=O)NC)cc2)cc1. The van der Waals surface area contributed by atoms with Crippen molar-refractivity contribution in [2.45, 2.75) is 32.9 Å². The predicted octanol–water partition coefficient (Wildman–Crippen LogP) is 2.92. The van der Waals surface area contributed by atoms with Crippen LogP contribution in [-0.4, -0.2) is 37.4 Å². The third kappa shape index (κ3) is 6.22. The number of carbonyl (C=O) groups excluding carboxylic acids is 2. The number of rotatable bonds is 8. The molecule has 0 spiro atoms. The number of carbonyl (C=O) groups is 2. The van der Waals surface area contributed by atoms with Crippen LogP contribution in [0.2, 0.25) is 0 Å². The standard InChI is InChI=1S/C22H29N3O2/c1-5-17-6-10-19(11-7-17)16(2)24-21(26)15-25(4)14-18-8-12-20(13-9-18)22(27)23-3/h6-13,16H,5,14-15H2,1-4H3,(H,23,27)(H,24,26)/t16-/m0/s1. The Hall–Kier alpha value is -2.66. The molecule has 0 bridgehead atoms. The predicted molar refractivity (Wildman–Crippen MR) is 109 cm³/mol. The molecule has 0 fully saturated rings. The summed E-state index contributed by atoms with van der Waals surface area (Å²) in [6.45, 7) is 5.08. The van der Waals surface area contributed by atoms with Gasteiger partial charge in [0.1, 0.15) is 0 Å². The fourth-order valence-electron chi connectivity index (χ4n) is 2.93. The molecule has 2 aromatic carbocycles. The highest BCUT2D eigenvalue weighted by molar-refractivity contribution is 5.93. The first-order valence-electron chi connectivity index (χ1n) is 9.30. The number of hydrogen-bond donors (Lipinski definition) is 2. The van der Waals surface area contributed by atoms with Gasteiger partial charge in [-0.15, -0.1) is 0 Å². The maximum absolute atomic E-state index is 12.3. The normalized spacial score (nSPS) is 11.9. The molecule has 5 nitrogen and oxygen atoms in total. The van der Waals surface area contributed by atoms with Gasteiger partial charge in [-0.25, -0.2) is 0 Å². The number of aryl methyl sites for hydroxylation is 1. The molecule has 0 aliphatic rings. The second-order valence-electron chi connectivity index (χ2n) is 6.83. The molecule has 0 unspecified atom stereocenters. The number of nitrogens with zero attached hydrogens (tertiary/aromatic N) is 1. The minimum absolute atomic E-state index is 0.00783. The van der Waals surface area contributed by atoms with Gasteiger partial charge < -0.3 is 10.6 Å². The molecule has 1 atom stereocenters. The Morgan fingerprint density at radius 2 is 1.59 bits per heavy atom. The molecule has 2 N–H and O–H groups in total. The van der Waals surface area contributed by atoms with Crippen molar-refractivity contribution >= 4 is 11.8 Å². The van der Waals surface area contributed by atoms with E-state index in [4.69, 9.17) is 0 Å². The van der Waals surface area contributed by atoms with Gasteiger partial charge in [0.2, 0.25) is 5.91 Å². The van der Waals surface area contributed by atoms with Crippen LogP contribution in [0.3, 0.4) is 0 Å². The number of likely N-dealkylation sites (N-methyl/N-ethyl adjacent to an activating group) is 1. The van der Waals surface area contributed by atoms with Crippen molar-refractivity contribution in [3.05, 3.63) is 70.8 Å². The van der Waals surface area contributed by atoms with Crippen LogP contribution < -0.4 is 10.6 Å². The topological polar surface area (TPSA) is 61.4 Å². The number of benzene rings is 2. The summed E-state index contributed by atoms with van der Waals surface area (Å²) in [4.78, 5) is 25.9. The van der Waals surface area contributed by atoms with Crippen LogP contribution in [0.5, 0.6) is 0 Å². The first kappa shape index (κ1) is 20.6. The van der Waals surface area contributed by atoms with Gasteiger partial charge in [-0.3, -0.25) is 14.5 Å². The van der Waals surface area contributed by atoms with Crippen LogP contribution in [0.15, 0.2) is 48.5 Å². The van der Waals surface area contributed by atoms with Gasteiger partial charge in [0.05, 0.1) is 12.6 Å². The fourth-order valence-corrected chi connectivity index (χ4v) is 2.93. The lowest BCUT2D eigenvalue weighted by Gasteiger charge is -2.19. The van der Waals surface area contributed by atoms with E-state index in [0.717, 1.165) is 17.5 Å². The summed E-state index contributed by atoms with van der Waals surface area (Å²) < 4.78 is 0. The van der Waals surface area contributed by atoms with Crippen LogP contribution in [0.1, 0.15) is 46.9 Å². The first-order valence-corrected chi connectivity index (χ1v) is 9.30. The Morgan fingerprint density at radius 1 is 1.00 bits per heavy atom. The third-order valence-electron chi connectivity index (χ3n) is 4.57. The lowest BCUT2D eigenvalue weighted by Crippen LogP contribution is -2.36. The van der Waals surface area contributed by atoms with Crippen LogP contribution in [0.4, 0.5) is 0 Å². The summed E-state index contributed by atoms with van der Waals surface area (Å²) >= 11 is 0. The number of nitrogens with one attached hydrogen (secondary N) is 2. The molecule has 0 aliphatic heterocycles. The van der Waals surface area contributed by atoms with Crippen molar-refractivity contribution in [3.8, 4) is 0 Å². The fraction of sp³-hybridized carbons (Fsp3) is 0.364. The maximum Gasteiger partial charge on any atom is 0.251 e.